The molecule has 118 valence electrons. The van der Waals surface area contributed by atoms with Gasteiger partial charge in [0.25, 0.3) is 0 Å². The molecule has 0 saturated carbocycles. The van der Waals surface area contributed by atoms with Gasteiger partial charge in [0.1, 0.15) is 0 Å². The van der Waals surface area contributed by atoms with Crippen LogP contribution in [0.25, 0.3) is 20.8 Å². The number of rotatable bonds is 1. The Morgan fingerprint density at radius 3 is 2.65 bits per heavy atom. The minimum Gasteiger partial charge on any atom is -0.378 e. The SMILES string of the molecule is Cc1cc(=O)cc2sc3cc(N4CCOCC4)cc(C)c3nc1-2. The molecule has 4 nitrogen and oxygen atoms in total. The Kier molecular flexibility index (Phi) is 3.54. The molecule has 0 unspecified atom stereocenters. The Bertz CT molecular complexity index is 913. The first-order valence-electron chi connectivity index (χ1n) is 7.80. The third-order valence-corrected chi connectivity index (χ3v) is 5.37. The van der Waals surface area contributed by atoms with Crippen LogP contribution in [0.1, 0.15) is 11.1 Å². The maximum atomic E-state index is 11.8. The zero-order chi connectivity index (χ0) is 16.0. The summed E-state index contributed by atoms with van der Waals surface area (Å²) in [6.45, 7) is 7.44. The number of morpholine rings is 1. The van der Waals surface area contributed by atoms with Crippen molar-refractivity contribution in [3.05, 3.63) is 45.6 Å². The highest BCUT2D eigenvalue weighted by atomic mass is 32.1. The van der Waals surface area contributed by atoms with Crippen molar-refractivity contribution in [1.82, 2.24) is 4.98 Å². The molecule has 5 heteroatoms. The van der Waals surface area contributed by atoms with Crippen LogP contribution < -0.4 is 10.3 Å². The Morgan fingerprint density at radius 1 is 1.09 bits per heavy atom. The zero-order valence-corrected chi connectivity index (χ0v) is 14.1. The molecule has 2 heterocycles. The van der Waals surface area contributed by atoms with E-state index in [0.717, 1.165) is 52.7 Å². The van der Waals surface area contributed by atoms with E-state index in [-0.39, 0.29) is 5.43 Å². The highest BCUT2D eigenvalue weighted by Crippen LogP contribution is 2.35. The molecule has 0 radical (unpaired) electrons. The number of hydrogen-bond acceptors (Lipinski definition) is 5. The molecule has 0 aromatic heterocycles. The molecule has 1 aliphatic carbocycles. The molecule has 0 spiro atoms. The van der Waals surface area contributed by atoms with E-state index in [0.29, 0.717) is 0 Å². The summed E-state index contributed by atoms with van der Waals surface area (Å²) in [6.07, 6.45) is 0. The van der Waals surface area contributed by atoms with Crippen molar-refractivity contribution in [2.24, 2.45) is 0 Å². The van der Waals surface area contributed by atoms with Gasteiger partial charge in [-0.25, -0.2) is 4.98 Å². The number of hydrogen-bond donors (Lipinski definition) is 0. The van der Waals surface area contributed by atoms with E-state index in [4.69, 9.17) is 9.72 Å². The zero-order valence-electron chi connectivity index (χ0n) is 13.3. The minimum absolute atomic E-state index is 0.0495. The van der Waals surface area contributed by atoms with E-state index in [1.165, 1.54) is 11.3 Å². The number of anilines is 1. The van der Waals surface area contributed by atoms with Gasteiger partial charge in [-0.1, -0.05) is 0 Å². The normalized spacial score (nSPS) is 15.5. The maximum Gasteiger partial charge on any atom is 0.180 e. The van der Waals surface area contributed by atoms with Gasteiger partial charge in [-0.2, -0.15) is 0 Å². The smallest absolute Gasteiger partial charge is 0.180 e. The number of aromatic nitrogens is 1. The number of fused-ring (bicyclic) bond motifs is 2. The van der Waals surface area contributed by atoms with Gasteiger partial charge in [0.05, 0.1) is 34.0 Å². The fourth-order valence-electron chi connectivity index (χ4n) is 3.12. The Balaban J connectivity index is 1.93. The molecule has 1 aromatic carbocycles. The molecule has 0 N–H and O–H groups in total. The van der Waals surface area contributed by atoms with Crippen molar-refractivity contribution in [1.29, 1.82) is 0 Å². The second-order valence-electron chi connectivity index (χ2n) is 6.01. The quantitative estimate of drug-likeness (QED) is 0.644. The monoisotopic (exact) mass is 326 g/mol. The molecule has 0 amide bonds. The van der Waals surface area contributed by atoms with Crippen LogP contribution >= 0.6 is 11.3 Å². The van der Waals surface area contributed by atoms with Crippen molar-refractivity contribution < 1.29 is 4.74 Å². The first-order chi connectivity index (χ1) is 11.1. The Morgan fingerprint density at radius 2 is 1.87 bits per heavy atom. The third kappa shape index (κ3) is 2.60. The molecule has 2 aliphatic heterocycles. The van der Waals surface area contributed by atoms with E-state index in [1.807, 2.05) is 6.92 Å². The van der Waals surface area contributed by atoms with E-state index >= 15 is 0 Å². The largest absolute Gasteiger partial charge is 0.378 e. The lowest BCUT2D eigenvalue weighted by atomic mass is 10.1. The Labute approximate surface area is 138 Å². The predicted molar refractivity (Wildman–Crippen MR) is 95.0 cm³/mol. The Hall–Kier alpha value is -1.98. The first kappa shape index (κ1) is 14.6. The lowest BCUT2D eigenvalue weighted by molar-refractivity contribution is 0.122. The van der Waals surface area contributed by atoms with Gasteiger partial charge in [0, 0.05) is 24.8 Å². The predicted octanol–water partition coefficient (Wildman–Crippen LogP) is 3.21. The summed E-state index contributed by atoms with van der Waals surface area (Å²) in [5, 5.41) is 0. The maximum absolute atomic E-state index is 11.8. The molecule has 0 atom stereocenters. The molecule has 1 aromatic rings. The lowest BCUT2D eigenvalue weighted by Gasteiger charge is -2.29. The summed E-state index contributed by atoms with van der Waals surface area (Å²) in [6, 6.07) is 7.75. The fraction of sp³-hybridized carbons (Fsp3) is 0.333. The summed E-state index contributed by atoms with van der Waals surface area (Å²) in [5.41, 5.74) is 5.35. The summed E-state index contributed by atoms with van der Waals surface area (Å²) in [7, 11) is 0. The second-order valence-corrected chi connectivity index (χ2v) is 7.09. The van der Waals surface area contributed by atoms with Gasteiger partial charge < -0.3 is 9.64 Å². The molecule has 1 saturated heterocycles. The summed E-state index contributed by atoms with van der Waals surface area (Å²) in [5.74, 6) is 0. The molecular formula is C18H18N2O2S. The third-order valence-electron chi connectivity index (χ3n) is 4.31. The van der Waals surface area contributed by atoms with E-state index in [2.05, 4.69) is 24.0 Å². The summed E-state index contributed by atoms with van der Waals surface area (Å²) in [4.78, 5) is 19.9. The van der Waals surface area contributed by atoms with E-state index in [1.54, 1.807) is 23.5 Å². The van der Waals surface area contributed by atoms with Crippen molar-refractivity contribution in [2.45, 2.75) is 13.8 Å². The van der Waals surface area contributed by atoms with Gasteiger partial charge in [0.15, 0.2) is 5.43 Å². The van der Waals surface area contributed by atoms with Crippen LogP contribution in [0.2, 0.25) is 0 Å². The number of benzene rings is 2. The van der Waals surface area contributed by atoms with Crippen LogP contribution in [0.3, 0.4) is 0 Å². The van der Waals surface area contributed by atoms with Crippen molar-refractivity contribution in [3.63, 3.8) is 0 Å². The highest BCUT2D eigenvalue weighted by molar-refractivity contribution is 7.21. The van der Waals surface area contributed by atoms with Gasteiger partial charge in [-0.15, -0.1) is 11.3 Å². The van der Waals surface area contributed by atoms with Crippen molar-refractivity contribution in [3.8, 4) is 10.6 Å². The van der Waals surface area contributed by atoms with Gasteiger partial charge in [-0.05, 0) is 43.2 Å². The van der Waals surface area contributed by atoms with Crippen LogP contribution in [-0.2, 0) is 4.74 Å². The van der Waals surface area contributed by atoms with Crippen LogP contribution in [0, 0.1) is 13.8 Å². The number of ether oxygens (including phenoxy) is 1. The standard InChI is InChI=1S/C18H18N2O2S/c1-11-7-13(20-3-5-22-6-4-20)9-15-17(11)19-18-12(2)8-14(21)10-16(18)23-15/h7-10H,3-6H2,1-2H3. The van der Waals surface area contributed by atoms with Crippen LogP contribution in [0.5, 0.6) is 0 Å². The lowest BCUT2D eigenvalue weighted by Crippen LogP contribution is -2.36. The summed E-state index contributed by atoms with van der Waals surface area (Å²) >= 11 is 1.65. The van der Waals surface area contributed by atoms with Crippen LogP contribution in [0.15, 0.2) is 29.1 Å². The van der Waals surface area contributed by atoms with Gasteiger partial charge >= 0.3 is 0 Å². The summed E-state index contributed by atoms with van der Waals surface area (Å²) < 4.78 is 6.57. The molecule has 3 aliphatic rings. The van der Waals surface area contributed by atoms with Crippen molar-refractivity contribution >= 4 is 27.2 Å². The van der Waals surface area contributed by atoms with Crippen LogP contribution in [-0.4, -0.2) is 31.3 Å². The number of nitrogens with zero attached hydrogens (tertiary/aromatic N) is 2. The second kappa shape index (κ2) is 5.58. The highest BCUT2D eigenvalue weighted by Gasteiger charge is 2.16. The van der Waals surface area contributed by atoms with Gasteiger partial charge in [-0.3, -0.25) is 4.79 Å². The first-order valence-corrected chi connectivity index (χ1v) is 8.62. The molecule has 1 fully saturated rings. The van der Waals surface area contributed by atoms with E-state index < -0.39 is 0 Å². The topological polar surface area (TPSA) is 42.4 Å². The molecule has 23 heavy (non-hydrogen) atoms. The average molecular weight is 326 g/mol. The molecule has 0 bridgehead atoms. The average Bonchev–Trinajstić information content (AvgIpc) is 2.54. The number of aryl methyl sites for hydroxylation is 2. The minimum atomic E-state index is 0.0495. The van der Waals surface area contributed by atoms with E-state index in [9.17, 15) is 4.79 Å². The molecular weight excluding hydrogens is 308 g/mol. The van der Waals surface area contributed by atoms with Gasteiger partial charge in [0.2, 0.25) is 0 Å². The van der Waals surface area contributed by atoms with Crippen LogP contribution in [0.4, 0.5) is 5.69 Å². The fourth-order valence-corrected chi connectivity index (χ4v) is 4.32. The molecule has 4 rings (SSSR count). The van der Waals surface area contributed by atoms with Crippen molar-refractivity contribution in [2.75, 3.05) is 31.2 Å².